The number of hydrogen-bond acceptors (Lipinski definition) is 2. The second-order valence-electron chi connectivity index (χ2n) is 5.76. The number of amides is 1. The molecule has 0 spiro atoms. The summed E-state index contributed by atoms with van der Waals surface area (Å²) in [7, 11) is 0. The van der Waals surface area contributed by atoms with Crippen molar-refractivity contribution in [2.45, 2.75) is 13.5 Å². The number of aryl methyl sites for hydroxylation is 1. The van der Waals surface area contributed by atoms with Gasteiger partial charge < -0.3 is 9.88 Å². The van der Waals surface area contributed by atoms with Gasteiger partial charge in [0.25, 0.3) is 11.5 Å². The molecule has 0 atom stereocenters. The van der Waals surface area contributed by atoms with Gasteiger partial charge in [-0.15, -0.1) is 0 Å². The molecule has 0 aliphatic rings. The molecule has 1 heterocycles. The van der Waals surface area contributed by atoms with Gasteiger partial charge in [0.1, 0.15) is 5.82 Å². The Morgan fingerprint density at radius 3 is 2.68 bits per heavy atom. The smallest absolute Gasteiger partial charge is 0.258 e. The molecule has 2 aromatic carbocycles. The first kappa shape index (κ1) is 16.6. The fraction of sp³-hybridized carbons (Fsp3) is 0.100. The van der Waals surface area contributed by atoms with E-state index in [1.165, 1.54) is 12.1 Å². The van der Waals surface area contributed by atoms with Crippen LogP contribution in [0.1, 0.15) is 21.5 Å². The van der Waals surface area contributed by atoms with Crippen molar-refractivity contribution in [3.63, 3.8) is 0 Å². The van der Waals surface area contributed by atoms with Crippen LogP contribution < -0.4 is 10.9 Å². The van der Waals surface area contributed by atoms with E-state index in [4.69, 9.17) is 0 Å². The maximum absolute atomic E-state index is 14.1. The van der Waals surface area contributed by atoms with E-state index in [0.717, 1.165) is 5.56 Å². The third-order valence-electron chi connectivity index (χ3n) is 3.87. The summed E-state index contributed by atoms with van der Waals surface area (Å²) in [5, 5.41) is 2.70. The Balaban J connectivity index is 1.80. The van der Waals surface area contributed by atoms with Gasteiger partial charge >= 0.3 is 0 Å². The molecular formula is C20H17FN2O2. The second kappa shape index (κ2) is 7.13. The van der Waals surface area contributed by atoms with Crippen molar-refractivity contribution >= 4 is 11.6 Å². The molecule has 0 saturated carbocycles. The summed E-state index contributed by atoms with van der Waals surface area (Å²) in [5.74, 6) is -1.03. The van der Waals surface area contributed by atoms with E-state index in [1.807, 2.05) is 6.07 Å². The van der Waals surface area contributed by atoms with Gasteiger partial charge in [-0.2, -0.15) is 0 Å². The molecule has 0 bridgehead atoms. The summed E-state index contributed by atoms with van der Waals surface area (Å²) in [4.78, 5) is 24.1. The molecule has 3 aromatic rings. The van der Waals surface area contributed by atoms with Gasteiger partial charge in [-0.25, -0.2) is 4.39 Å². The van der Waals surface area contributed by atoms with Crippen LogP contribution >= 0.6 is 0 Å². The molecule has 0 saturated heterocycles. The predicted octanol–water partition coefficient (Wildman–Crippen LogP) is 3.60. The molecule has 1 amide bonds. The Hall–Kier alpha value is -3.21. The van der Waals surface area contributed by atoms with Crippen LogP contribution in [0.3, 0.4) is 0 Å². The highest BCUT2D eigenvalue weighted by molar-refractivity contribution is 6.04. The summed E-state index contributed by atoms with van der Waals surface area (Å²) >= 11 is 0. The number of carbonyl (C=O) groups excluding carboxylic acids is 1. The first-order chi connectivity index (χ1) is 12.0. The summed E-state index contributed by atoms with van der Waals surface area (Å²) in [6, 6.07) is 16.8. The molecule has 25 heavy (non-hydrogen) atoms. The highest BCUT2D eigenvalue weighted by atomic mass is 19.1. The van der Waals surface area contributed by atoms with Crippen molar-refractivity contribution in [2.75, 3.05) is 5.32 Å². The molecule has 0 aliphatic carbocycles. The first-order valence-electron chi connectivity index (χ1n) is 7.85. The number of pyridine rings is 1. The number of carbonyl (C=O) groups is 1. The standard InChI is InChI=1S/C20H17FN2O2/c1-14-6-4-9-17(19(14)21)20(25)22-16-8-5-7-15(12-16)13-23-11-3-2-10-18(23)24/h2-12H,13H2,1H3,(H,22,25). The molecule has 3 rings (SSSR count). The number of halogens is 1. The van der Waals surface area contributed by atoms with Gasteiger partial charge in [-0.05, 0) is 42.3 Å². The molecule has 4 nitrogen and oxygen atoms in total. The average Bonchev–Trinajstić information content (AvgIpc) is 2.59. The largest absolute Gasteiger partial charge is 0.322 e. The number of aromatic nitrogens is 1. The van der Waals surface area contributed by atoms with E-state index >= 15 is 0 Å². The van der Waals surface area contributed by atoms with Crippen LogP contribution in [-0.4, -0.2) is 10.5 Å². The van der Waals surface area contributed by atoms with Gasteiger partial charge in [0, 0.05) is 18.0 Å². The number of hydrogen-bond donors (Lipinski definition) is 1. The minimum Gasteiger partial charge on any atom is -0.322 e. The molecule has 126 valence electrons. The topological polar surface area (TPSA) is 51.1 Å². The normalized spacial score (nSPS) is 10.5. The third kappa shape index (κ3) is 3.83. The van der Waals surface area contributed by atoms with Crippen molar-refractivity contribution < 1.29 is 9.18 Å². The zero-order chi connectivity index (χ0) is 17.8. The summed E-state index contributed by atoms with van der Waals surface area (Å²) < 4.78 is 15.6. The van der Waals surface area contributed by atoms with Gasteiger partial charge in [0.15, 0.2) is 0 Å². The van der Waals surface area contributed by atoms with Crippen LogP contribution in [0, 0.1) is 12.7 Å². The first-order valence-corrected chi connectivity index (χ1v) is 7.85. The Labute approximate surface area is 144 Å². The van der Waals surface area contributed by atoms with Gasteiger partial charge in [-0.1, -0.05) is 30.3 Å². The molecule has 0 aliphatic heterocycles. The number of benzene rings is 2. The van der Waals surface area contributed by atoms with Crippen LogP contribution in [-0.2, 0) is 6.54 Å². The van der Waals surface area contributed by atoms with Crippen LogP contribution in [0.25, 0.3) is 0 Å². The Morgan fingerprint density at radius 1 is 1.08 bits per heavy atom. The number of nitrogens with one attached hydrogen (secondary N) is 1. The zero-order valence-electron chi connectivity index (χ0n) is 13.7. The van der Waals surface area contributed by atoms with E-state index in [9.17, 15) is 14.0 Å². The van der Waals surface area contributed by atoms with Crippen molar-refractivity contribution in [1.29, 1.82) is 0 Å². The number of nitrogens with zero attached hydrogens (tertiary/aromatic N) is 1. The lowest BCUT2D eigenvalue weighted by molar-refractivity contribution is 0.102. The minimum atomic E-state index is -0.521. The lowest BCUT2D eigenvalue weighted by Crippen LogP contribution is -2.18. The van der Waals surface area contributed by atoms with Crippen molar-refractivity contribution in [2.24, 2.45) is 0 Å². The maximum Gasteiger partial charge on any atom is 0.258 e. The second-order valence-corrected chi connectivity index (χ2v) is 5.76. The fourth-order valence-electron chi connectivity index (χ4n) is 2.56. The summed E-state index contributed by atoms with van der Waals surface area (Å²) in [5.41, 5.74) is 1.73. The van der Waals surface area contributed by atoms with Gasteiger partial charge in [0.05, 0.1) is 12.1 Å². The summed E-state index contributed by atoms with van der Waals surface area (Å²) in [6.07, 6.45) is 1.70. The van der Waals surface area contributed by atoms with Crippen LogP contribution in [0.2, 0.25) is 0 Å². The Morgan fingerprint density at radius 2 is 1.88 bits per heavy atom. The molecule has 1 N–H and O–H groups in total. The molecule has 0 unspecified atom stereocenters. The van der Waals surface area contributed by atoms with E-state index in [0.29, 0.717) is 17.8 Å². The van der Waals surface area contributed by atoms with Gasteiger partial charge in [0.2, 0.25) is 0 Å². The predicted molar refractivity (Wildman–Crippen MR) is 95.3 cm³/mol. The van der Waals surface area contributed by atoms with E-state index in [2.05, 4.69) is 5.32 Å². The zero-order valence-corrected chi connectivity index (χ0v) is 13.7. The molecule has 1 aromatic heterocycles. The Kier molecular flexibility index (Phi) is 4.75. The van der Waals surface area contributed by atoms with E-state index in [-0.39, 0.29) is 11.1 Å². The maximum atomic E-state index is 14.1. The quantitative estimate of drug-likeness (QED) is 0.791. The van der Waals surface area contributed by atoms with Crippen LogP contribution in [0.15, 0.2) is 71.7 Å². The summed E-state index contributed by atoms with van der Waals surface area (Å²) in [6.45, 7) is 2.01. The molecule has 0 radical (unpaired) electrons. The van der Waals surface area contributed by atoms with E-state index in [1.54, 1.807) is 60.2 Å². The minimum absolute atomic E-state index is 0.00434. The monoisotopic (exact) mass is 336 g/mol. The van der Waals surface area contributed by atoms with Crippen LogP contribution in [0.5, 0.6) is 0 Å². The van der Waals surface area contributed by atoms with E-state index < -0.39 is 11.7 Å². The van der Waals surface area contributed by atoms with Gasteiger partial charge in [-0.3, -0.25) is 9.59 Å². The highest BCUT2D eigenvalue weighted by Gasteiger charge is 2.13. The number of rotatable bonds is 4. The SMILES string of the molecule is Cc1cccc(C(=O)Nc2cccc(Cn3ccccc3=O)c2)c1F. The lowest BCUT2D eigenvalue weighted by Gasteiger charge is -2.10. The number of anilines is 1. The average molecular weight is 336 g/mol. The van der Waals surface area contributed by atoms with Crippen LogP contribution in [0.4, 0.5) is 10.1 Å². The molecule has 0 fully saturated rings. The Bertz CT molecular complexity index is 979. The van der Waals surface area contributed by atoms with Crippen molar-refractivity contribution in [3.05, 3.63) is 99.7 Å². The highest BCUT2D eigenvalue weighted by Crippen LogP contribution is 2.16. The lowest BCUT2D eigenvalue weighted by atomic mass is 10.1. The molecular weight excluding hydrogens is 319 g/mol. The third-order valence-corrected chi connectivity index (χ3v) is 3.87. The fourth-order valence-corrected chi connectivity index (χ4v) is 2.56. The van der Waals surface area contributed by atoms with Crippen molar-refractivity contribution in [1.82, 2.24) is 4.57 Å². The molecule has 5 heteroatoms. The van der Waals surface area contributed by atoms with Crippen molar-refractivity contribution in [3.8, 4) is 0 Å².